The zero-order chi connectivity index (χ0) is 21.4. The van der Waals surface area contributed by atoms with Crippen molar-refractivity contribution in [1.29, 1.82) is 0 Å². The van der Waals surface area contributed by atoms with Crippen LogP contribution in [0, 0.1) is 0 Å². The molecule has 0 heterocycles. The predicted octanol–water partition coefficient (Wildman–Crippen LogP) is 6.99. The summed E-state index contributed by atoms with van der Waals surface area (Å²) in [5.41, 5.74) is 0.493. The van der Waals surface area contributed by atoms with Crippen molar-refractivity contribution >= 4 is 5.97 Å². The third-order valence-electron chi connectivity index (χ3n) is 4.71. The number of ether oxygens (including phenoxy) is 3. The van der Waals surface area contributed by atoms with Gasteiger partial charge >= 0.3 is 5.97 Å². The molecule has 2 aromatic rings. The van der Waals surface area contributed by atoms with Crippen LogP contribution in [0.1, 0.15) is 68.6 Å². The van der Waals surface area contributed by atoms with E-state index in [1.54, 1.807) is 24.3 Å². The lowest BCUT2D eigenvalue weighted by Crippen LogP contribution is -2.08. The Labute approximate surface area is 180 Å². The summed E-state index contributed by atoms with van der Waals surface area (Å²) in [6, 6.07) is 14.2. The third kappa shape index (κ3) is 9.17. The zero-order valence-corrected chi connectivity index (χ0v) is 18.1. The van der Waals surface area contributed by atoms with Gasteiger partial charge in [0.25, 0.3) is 0 Å². The fourth-order valence-electron chi connectivity index (χ4n) is 2.90. The van der Waals surface area contributed by atoms with Crippen LogP contribution in [-0.2, 0) is 0 Å². The highest BCUT2D eigenvalue weighted by Gasteiger charge is 2.09. The monoisotopic (exact) mass is 410 g/mol. The molecule has 0 saturated carbocycles. The van der Waals surface area contributed by atoms with Gasteiger partial charge in [-0.1, -0.05) is 38.7 Å². The van der Waals surface area contributed by atoms with Gasteiger partial charge in [0.2, 0.25) is 0 Å². The van der Waals surface area contributed by atoms with E-state index >= 15 is 0 Å². The fourth-order valence-corrected chi connectivity index (χ4v) is 2.90. The van der Waals surface area contributed by atoms with Crippen molar-refractivity contribution in [1.82, 2.24) is 0 Å². The van der Waals surface area contributed by atoms with Crippen LogP contribution < -0.4 is 14.2 Å². The molecule has 0 fully saturated rings. The molecule has 0 aliphatic rings. The molecule has 4 nitrogen and oxygen atoms in total. The summed E-state index contributed by atoms with van der Waals surface area (Å²) in [6.07, 6.45) is 11.1. The third-order valence-corrected chi connectivity index (χ3v) is 4.71. The number of benzene rings is 2. The molecule has 2 aromatic carbocycles. The number of hydrogen-bond acceptors (Lipinski definition) is 4. The van der Waals surface area contributed by atoms with Gasteiger partial charge in [0.05, 0.1) is 18.8 Å². The summed E-state index contributed by atoms with van der Waals surface area (Å²) in [4.78, 5) is 12.3. The van der Waals surface area contributed by atoms with Crippen molar-refractivity contribution in [3.63, 3.8) is 0 Å². The summed E-state index contributed by atoms with van der Waals surface area (Å²) < 4.78 is 16.8. The minimum absolute atomic E-state index is 0.388. The Bertz CT molecular complexity index is 735. The van der Waals surface area contributed by atoms with E-state index in [1.807, 2.05) is 30.3 Å². The smallest absolute Gasteiger partial charge is 0.343 e. The van der Waals surface area contributed by atoms with Crippen LogP contribution >= 0.6 is 0 Å². The normalized spacial score (nSPS) is 10.4. The average molecular weight is 411 g/mol. The lowest BCUT2D eigenvalue weighted by atomic mass is 10.1. The Morgan fingerprint density at radius 2 is 1.30 bits per heavy atom. The molecule has 0 atom stereocenters. The number of hydrogen-bond donors (Lipinski definition) is 0. The number of allylic oxidation sites excluding steroid dienone is 1. The van der Waals surface area contributed by atoms with Gasteiger partial charge < -0.3 is 14.2 Å². The van der Waals surface area contributed by atoms with Gasteiger partial charge in [-0.05, 0) is 74.2 Å². The molecule has 0 N–H and O–H groups in total. The second-order valence-electron chi connectivity index (χ2n) is 7.28. The quantitative estimate of drug-likeness (QED) is 0.137. The molecule has 162 valence electrons. The van der Waals surface area contributed by atoms with E-state index in [1.165, 1.54) is 25.7 Å². The van der Waals surface area contributed by atoms with Gasteiger partial charge in [0.1, 0.15) is 17.2 Å². The molecule has 0 spiro atoms. The van der Waals surface area contributed by atoms with Crippen LogP contribution in [0.3, 0.4) is 0 Å². The molecule has 30 heavy (non-hydrogen) atoms. The van der Waals surface area contributed by atoms with Crippen LogP contribution in [0.2, 0.25) is 0 Å². The Kier molecular flexibility index (Phi) is 11.2. The number of unbranched alkanes of at least 4 members (excludes halogenated alkanes) is 6. The molecule has 0 aliphatic carbocycles. The van der Waals surface area contributed by atoms with Crippen molar-refractivity contribution in [3.8, 4) is 17.2 Å². The molecular weight excluding hydrogens is 376 g/mol. The van der Waals surface area contributed by atoms with Gasteiger partial charge in [-0.25, -0.2) is 4.79 Å². The topological polar surface area (TPSA) is 44.8 Å². The highest BCUT2D eigenvalue weighted by atomic mass is 16.5. The zero-order valence-electron chi connectivity index (χ0n) is 18.1. The van der Waals surface area contributed by atoms with Crippen molar-refractivity contribution in [2.75, 3.05) is 13.2 Å². The lowest BCUT2D eigenvalue weighted by Gasteiger charge is -2.09. The van der Waals surface area contributed by atoms with E-state index < -0.39 is 0 Å². The highest BCUT2D eigenvalue weighted by molar-refractivity contribution is 5.91. The number of carbonyl (C=O) groups is 1. The first-order valence-electron chi connectivity index (χ1n) is 11.0. The minimum Gasteiger partial charge on any atom is -0.494 e. The lowest BCUT2D eigenvalue weighted by molar-refractivity contribution is 0.0734. The van der Waals surface area contributed by atoms with E-state index in [4.69, 9.17) is 14.2 Å². The molecule has 0 radical (unpaired) electrons. The summed E-state index contributed by atoms with van der Waals surface area (Å²) >= 11 is 0. The first kappa shape index (κ1) is 23.5. The molecule has 0 saturated heterocycles. The van der Waals surface area contributed by atoms with Crippen LogP contribution in [0.15, 0.2) is 61.2 Å². The predicted molar refractivity (Wildman–Crippen MR) is 122 cm³/mol. The van der Waals surface area contributed by atoms with Gasteiger partial charge in [0, 0.05) is 0 Å². The molecule has 0 bridgehead atoms. The summed E-state index contributed by atoms with van der Waals surface area (Å²) in [5, 5.41) is 0. The standard InChI is InChI=1S/C26H34O4/c1-3-5-7-8-9-10-11-21-29-23-14-12-22(13-15-23)26(27)30-25-18-16-24(17-19-25)28-20-6-4-2/h3,12-19H,1,4-11,20-21H2,2H3. The van der Waals surface area contributed by atoms with Crippen LogP contribution in [-0.4, -0.2) is 19.2 Å². The Hall–Kier alpha value is -2.75. The van der Waals surface area contributed by atoms with Crippen molar-refractivity contribution < 1.29 is 19.0 Å². The Morgan fingerprint density at radius 1 is 0.767 bits per heavy atom. The van der Waals surface area contributed by atoms with Gasteiger partial charge in [0.15, 0.2) is 0 Å². The first-order chi connectivity index (χ1) is 14.7. The average Bonchev–Trinajstić information content (AvgIpc) is 2.77. The summed E-state index contributed by atoms with van der Waals surface area (Å²) in [7, 11) is 0. The van der Waals surface area contributed by atoms with E-state index in [-0.39, 0.29) is 5.97 Å². The molecule has 0 aliphatic heterocycles. The Morgan fingerprint density at radius 3 is 1.93 bits per heavy atom. The number of rotatable bonds is 15. The fraction of sp³-hybridized carbons (Fsp3) is 0.423. The summed E-state index contributed by atoms with van der Waals surface area (Å²) in [6.45, 7) is 7.25. The number of esters is 1. The Balaban J connectivity index is 1.69. The van der Waals surface area contributed by atoms with E-state index in [2.05, 4.69) is 13.5 Å². The number of carbonyl (C=O) groups excluding carboxylic acids is 1. The SMILES string of the molecule is C=CCCCCCCCOc1ccc(C(=O)Oc2ccc(OCCCC)cc2)cc1. The van der Waals surface area contributed by atoms with Crippen LogP contribution in [0.25, 0.3) is 0 Å². The minimum atomic E-state index is -0.388. The second kappa shape index (κ2) is 14.3. The maximum absolute atomic E-state index is 12.3. The first-order valence-corrected chi connectivity index (χ1v) is 11.0. The van der Waals surface area contributed by atoms with Gasteiger partial charge in [-0.15, -0.1) is 6.58 Å². The van der Waals surface area contributed by atoms with E-state index in [9.17, 15) is 4.79 Å². The van der Waals surface area contributed by atoms with E-state index in [0.717, 1.165) is 37.2 Å². The van der Waals surface area contributed by atoms with Gasteiger partial charge in [-0.3, -0.25) is 0 Å². The molecule has 2 rings (SSSR count). The maximum atomic E-state index is 12.3. The largest absolute Gasteiger partial charge is 0.494 e. The maximum Gasteiger partial charge on any atom is 0.343 e. The molecule has 0 amide bonds. The molecule has 4 heteroatoms. The molecule has 0 unspecified atom stereocenters. The van der Waals surface area contributed by atoms with Crippen molar-refractivity contribution in [3.05, 3.63) is 66.7 Å². The van der Waals surface area contributed by atoms with E-state index in [0.29, 0.717) is 24.5 Å². The summed E-state index contributed by atoms with van der Waals surface area (Å²) in [5.74, 6) is 1.66. The van der Waals surface area contributed by atoms with Crippen LogP contribution in [0.4, 0.5) is 0 Å². The van der Waals surface area contributed by atoms with Gasteiger partial charge in [-0.2, -0.15) is 0 Å². The second-order valence-corrected chi connectivity index (χ2v) is 7.28. The van der Waals surface area contributed by atoms with Crippen molar-refractivity contribution in [2.24, 2.45) is 0 Å². The highest BCUT2D eigenvalue weighted by Crippen LogP contribution is 2.20. The molecule has 0 aromatic heterocycles. The van der Waals surface area contributed by atoms with Crippen LogP contribution in [0.5, 0.6) is 17.2 Å². The van der Waals surface area contributed by atoms with Crippen molar-refractivity contribution in [2.45, 2.75) is 58.3 Å². The molecular formula is C26H34O4.